The number of ether oxygens (including phenoxy) is 3. The SMILES string of the molecule is CN(C)c1ccc(/C=C/c2cnc(OCCOCCOCCF)c([123I])c2)cc1. The molecule has 7 heteroatoms. The van der Waals surface area contributed by atoms with Gasteiger partial charge in [0.2, 0.25) is 5.88 Å². The van der Waals surface area contributed by atoms with Crippen LogP contribution in [-0.4, -0.2) is 58.8 Å². The van der Waals surface area contributed by atoms with Gasteiger partial charge in [-0.1, -0.05) is 24.3 Å². The highest BCUT2D eigenvalue weighted by molar-refractivity contribution is 14.1. The van der Waals surface area contributed by atoms with E-state index in [0.29, 0.717) is 32.3 Å². The van der Waals surface area contributed by atoms with E-state index in [-0.39, 0.29) is 6.61 Å². The molecule has 1 aromatic heterocycles. The second-order valence-corrected chi connectivity index (χ2v) is 7.30. The lowest BCUT2D eigenvalue weighted by Gasteiger charge is -2.11. The van der Waals surface area contributed by atoms with Gasteiger partial charge in [0.25, 0.3) is 0 Å². The summed E-state index contributed by atoms with van der Waals surface area (Å²) in [6.45, 7) is 1.29. The van der Waals surface area contributed by atoms with Crippen LogP contribution < -0.4 is 9.64 Å². The van der Waals surface area contributed by atoms with Crippen LogP contribution in [0.5, 0.6) is 5.88 Å². The van der Waals surface area contributed by atoms with Crippen LogP contribution in [0.15, 0.2) is 36.5 Å². The highest BCUT2D eigenvalue weighted by Crippen LogP contribution is 2.20. The molecule has 0 N–H and O–H groups in total. The predicted octanol–water partition coefficient (Wildman–Crippen LogP) is 4.30. The lowest BCUT2D eigenvalue weighted by Crippen LogP contribution is -2.12. The number of nitrogens with zero attached hydrogens (tertiary/aromatic N) is 2. The van der Waals surface area contributed by atoms with Crippen molar-refractivity contribution < 1.29 is 18.6 Å². The Morgan fingerprint density at radius 1 is 0.964 bits per heavy atom. The minimum Gasteiger partial charge on any atom is -0.474 e. The van der Waals surface area contributed by atoms with Gasteiger partial charge in [0.15, 0.2) is 0 Å². The van der Waals surface area contributed by atoms with E-state index in [1.165, 1.54) is 5.69 Å². The molecule has 0 radical (unpaired) electrons. The maximum Gasteiger partial charge on any atom is 0.227 e. The van der Waals surface area contributed by atoms with E-state index in [2.05, 4.69) is 62.8 Å². The number of hydrogen-bond donors (Lipinski definition) is 0. The van der Waals surface area contributed by atoms with Crippen LogP contribution in [-0.2, 0) is 9.47 Å². The van der Waals surface area contributed by atoms with Crippen molar-refractivity contribution in [2.45, 2.75) is 0 Å². The van der Waals surface area contributed by atoms with Crippen molar-refractivity contribution in [3.05, 3.63) is 51.2 Å². The van der Waals surface area contributed by atoms with E-state index in [9.17, 15) is 4.39 Å². The Kier molecular flexibility index (Phi) is 10.2. The molecule has 0 bridgehead atoms. The van der Waals surface area contributed by atoms with Gasteiger partial charge in [-0.3, -0.25) is 0 Å². The van der Waals surface area contributed by atoms with E-state index in [1.54, 1.807) is 6.20 Å². The smallest absolute Gasteiger partial charge is 0.227 e. The summed E-state index contributed by atoms with van der Waals surface area (Å²) in [4.78, 5) is 6.45. The summed E-state index contributed by atoms with van der Waals surface area (Å²) in [5.74, 6) is 0.588. The van der Waals surface area contributed by atoms with Crippen LogP contribution in [0.25, 0.3) is 12.2 Å². The molecule has 28 heavy (non-hydrogen) atoms. The lowest BCUT2D eigenvalue weighted by molar-refractivity contribution is 0.0319. The zero-order chi connectivity index (χ0) is 20.2. The summed E-state index contributed by atoms with van der Waals surface area (Å²) < 4.78 is 28.8. The molecule has 152 valence electrons. The normalized spacial score (nSPS) is 11.1. The largest absolute Gasteiger partial charge is 0.474 e. The Bertz CT molecular complexity index is 739. The number of benzene rings is 1. The monoisotopic (exact) mass is 496 g/mol. The fourth-order valence-electron chi connectivity index (χ4n) is 2.29. The standard InChI is InChI=1S/C21H26FIN2O3/c1-25(2)19-7-5-17(6-8-19)3-4-18-15-20(23)21(24-16-18)28-14-13-27-12-11-26-10-9-22/h3-8,15-16H,9-14H2,1-2H3/b4-3+/i23-4. The number of halogens is 2. The van der Waals surface area contributed by atoms with Gasteiger partial charge < -0.3 is 19.1 Å². The molecule has 0 aliphatic rings. The van der Waals surface area contributed by atoms with E-state index in [1.807, 2.05) is 26.2 Å². The molecule has 2 aromatic rings. The first-order valence-electron chi connectivity index (χ1n) is 9.05. The molecule has 1 aromatic carbocycles. The molecule has 0 aliphatic heterocycles. The van der Waals surface area contributed by atoms with E-state index >= 15 is 0 Å². The molecule has 0 unspecified atom stereocenters. The first-order valence-corrected chi connectivity index (χ1v) is 10.1. The minimum atomic E-state index is -0.471. The summed E-state index contributed by atoms with van der Waals surface area (Å²) in [5.41, 5.74) is 3.31. The molecule has 1 heterocycles. The lowest BCUT2D eigenvalue weighted by atomic mass is 10.1. The molecule has 0 aliphatic carbocycles. The maximum atomic E-state index is 11.9. The quantitative estimate of drug-likeness (QED) is 0.324. The van der Waals surface area contributed by atoms with Gasteiger partial charge in [0, 0.05) is 26.0 Å². The average molecular weight is 496 g/mol. The zero-order valence-electron chi connectivity index (χ0n) is 16.2. The molecule has 0 spiro atoms. The van der Waals surface area contributed by atoms with Crippen LogP contribution in [0, 0.1) is 3.57 Å². The molecule has 0 atom stereocenters. The topological polar surface area (TPSA) is 43.8 Å². The van der Waals surface area contributed by atoms with Crippen molar-refractivity contribution in [1.82, 2.24) is 4.98 Å². The molecule has 5 nitrogen and oxygen atoms in total. The van der Waals surface area contributed by atoms with Gasteiger partial charge in [-0.25, -0.2) is 9.37 Å². The van der Waals surface area contributed by atoms with Crippen molar-refractivity contribution in [2.75, 3.05) is 58.7 Å². The Balaban J connectivity index is 1.78. The first-order chi connectivity index (χ1) is 13.6. The Morgan fingerprint density at radius 2 is 1.61 bits per heavy atom. The molecule has 0 fully saturated rings. The number of alkyl halides is 1. The van der Waals surface area contributed by atoms with Crippen molar-refractivity contribution >= 4 is 40.4 Å². The van der Waals surface area contributed by atoms with Gasteiger partial charge in [-0.05, 0) is 51.9 Å². The Hall–Kier alpha value is -1.71. The van der Waals surface area contributed by atoms with Crippen molar-refractivity contribution in [3.8, 4) is 5.88 Å². The number of hydrogen-bond acceptors (Lipinski definition) is 5. The fraction of sp³-hybridized carbons (Fsp3) is 0.381. The highest BCUT2D eigenvalue weighted by atomic mass is 123. The second-order valence-electron chi connectivity index (χ2n) is 6.14. The third-order valence-electron chi connectivity index (χ3n) is 3.77. The molecule has 0 saturated heterocycles. The van der Waals surface area contributed by atoms with E-state index in [4.69, 9.17) is 14.2 Å². The summed E-state index contributed by atoms with van der Waals surface area (Å²) in [6.07, 6.45) is 5.88. The summed E-state index contributed by atoms with van der Waals surface area (Å²) in [7, 11) is 4.05. The average Bonchev–Trinajstić information content (AvgIpc) is 2.70. The summed E-state index contributed by atoms with van der Waals surface area (Å²) >= 11 is 2.21. The van der Waals surface area contributed by atoms with E-state index in [0.717, 1.165) is 14.7 Å². The number of pyridine rings is 1. The summed E-state index contributed by atoms with van der Waals surface area (Å²) in [5, 5.41) is 0. The minimum absolute atomic E-state index is 0.115. The highest BCUT2D eigenvalue weighted by Gasteiger charge is 2.03. The van der Waals surface area contributed by atoms with Crippen LogP contribution in [0.1, 0.15) is 11.1 Å². The number of aromatic nitrogens is 1. The molecular formula is C21H26FIN2O3. The number of rotatable bonds is 12. The zero-order valence-corrected chi connectivity index (χ0v) is 18.4. The molecule has 0 saturated carbocycles. The maximum absolute atomic E-state index is 11.9. The Morgan fingerprint density at radius 3 is 2.25 bits per heavy atom. The fourth-order valence-corrected chi connectivity index (χ4v) is 2.94. The van der Waals surface area contributed by atoms with Gasteiger partial charge in [0.05, 0.1) is 30.0 Å². The first kappa shape index (κ1) is 22.6. The third-order valence-corrected chi connectivity index (χ3v) is 4.54. The molecule has 2 rings (SSSR count). The van der Waals surface area contributed by atoms with Gasteiger partial charge in [-0.2, -0.15) is 0 Å². The number of anilines is 1. The van der Waals surface area contributed by atoms with Crippen molar-refractivity contribution in [3.63, 3.8) is 0 Å². The second kappa shape index (κ2) is 12.7. The van der Waals surface area contributed by atoms with Crippen LogP contribution >= 0.6 is 22.6 Å². The Labute approximate surface area is 179 Å². The van der Waals surface area contributed by atoms with Gasteiger partial charge in [-0.15, -0.1) is 0 Å². The van der Waals surface area contributed by atoms with Gasteiger partial charge in [0.1, 0.15) is 13.3 Å². The van der Waals surface area contributed by atoms with Crippen molar-refractivity contribution in [1.29, 1.82) is 0 Å². The predicted molar refractivity (Wildman–Crippen MR) is 120 cm³/mol. The van der Waals surface area contributed by atoms with Crippen molar-refractivity contribution in [2.24, 2.45) is 0 Å². The van der Waals surface area contributed by atoms with Crippen LogP contribution in [0.2, 0.25) is 0 Å². The van der Waals surface area contributed by atoms with Crippen LogP contribution in [0.4, 0.5) is 10.1 Å². The third kappa shape index (κ3) is 8.12. The van der Waals surface area contributed by atoms with E-state index < -0.39 is 6.67 Å². The van der Waals surface area contributed by atoms with Gasteiger partial charge >= 0.3 is 0 Å². The summed E-state index contributed by atoms with van der Waals surface area (Å²) in [6, 6.07) is 10.4. The molecule has 0 amide bonds. The molecular weight excluding hydrogens is 470 g/mol. The van der Waals surface area contributed by atoms with Crippen LogP contribution in [0.3, 0.4) is 0 Å².